The van der Waals surface area contributed by atoms with Crippen molar-refractivity contribution in [3.63, 3.8) is 0 Å². The SMILES string of the molecule is CCOP(=O)(Cc1ccoc1NC)OCC. The molecule has 1 heterocycles. The summed E-state index contributed by atoms with van der Waals surface area (Å²) in [5.41, 5.74) is 0.799. The van der Waals surface area contributed by atoms with Gasteiger partial charge >= 0.3 is 7.60 Å². The molecule has 0 radical (unpaired) electrons. The molecule has 0 aliphatic rings. The highest BCUT2D eigenvalue weighted by Gasteiger charge is 2.26. The van der Waals surface area contributed by atoms with E-state index >= 15 is 0 Å². The monoisotopic (exact) mass is 247 g/mol. The van der Waals surface area contributed by atoms with Crippen molar-refractivity contribution in [3.05, 3.63) is 17.9 Å². The van der Waals surface area contributed by atoms with Gasteiger partial charge in [0.15, 0.2) is 5.88 Å². The molecule has 0 bridgehead atoms. The van der Waals surface area contributed by atoms with Gasteiger partial charge in [0.2, 0.25) is 0 Å². The average molecular weight is 247 g/mol. The van der Waals surface area contributed by atoms with Crippen LogP contribution in [0.4, 0.5) is 5.88 Å². The molecular formula is C10H18NO4P. The maximum absolute atomic E-state index is 12.2. The molecule has 0 atom stereocenters. The summed E-state index contributed by atoms with van der Waals surface area (Å²) in [6, 6.07) is 1.76. The fourth-order valence-electron chi connectivity index (χ4n) is 1.41. The van der Waals surface area contributed by atoms with Crippen molar-refractivity contribution < 1.29 is 18.0 Å². The van der Waals surface area contributed by atoms with Crippen molar-refractivity contribution in [1.82, 2.24) is 0 Å². The first-order valence-electron chi connectivity index (χ1n) is 5.27. The topological polar surface area (TPSA) is 60.7 Å². The molecule has 0 amide bonds. The second-order valence-electron chi connectivity index (χ2n) is 3.13. The van der Waals surface area contributed by atoms with E-state index in [9.17, 15) is 4.57 Å². The minimum atomic E-state index is -3.05. The van der Waals surface area contributed by atoms with Crippen LogP contribution in [0.15, 0.2) is 16.7 Å². The quantitative estimate of drug-likeness (QED) is 0.750. The number of nitrogens with one attached hydrogen (secondary N) is 1. The highest BCUT2D eigenvalue weighted by atomic mass is 31.2. The van der Waals surface area contributed by atoms with Gasteiger partial charge in [-0.05, 0) is 19.9 Å². The fraction of sp³-hybridized carbons (Fsp3) is 0.600. The van der Waals surface area contributed by atoms with Crippen molar-refractivity contribution in [1.29, 1.82) is 0 Å². The Kier molecular flexibility index (Phi) is 5.06. The highest BCUT2D eigenvalue weighted by molar-refractivity contribution is 7.53. The summed E-state index contributed by atoms with van der Waals surface area (Å²) >= 11 is 0. The molecule has 0 fully saturated rings. The third kappa shape index (κ3) is 3.37. The van der Waals surface area contributed by atoms with Gasteiger partial charge < -0.3 is 18.8 Å². The molecule has 6 heteroatoms. The summed E-state index contributed by atoms with van der Waals surface area (Å²) in [4.78, 5) is 0. The van der Waals surface area contributed by atoms with Crippen LogP contribution in [-0.4, -0.2) is 20.3 Å². The first-order valence-corrected chi connectivity index (χ1v) is 7.00. The first kappa shape index (κ1) is 13.3. The van der Waals surface area contributed by atoms with Crippen LogP contribution in [0.5, 0.6) is 0 Å². The number of rotatable bonds is 7. The van der Waals surface area contributed by atoms with Gasteiger partial charge in [0, 0.05) is 12.6 Å². The molecule has 1 N–H and O–H groups in total. The first-order chi connectivity index (χ1) is 7.65. The second kappa shape index (κ2) is 6.09. The zero-order valence-corrected chi connectivity index (χ0v) is 10.8. The normalized spacial score (nSPS) is 11.7. The van der Waals surface area contributed by atoms with E-state index in [4.69, 9.17) is 13.5 Å². The summed E-state index contributed by atoms with van der Waals surface area (Å²) in [6.07, 6.45) is 1.77. The lowest BCUT2D eigenvalue weighted by atomic mass is 10.4. The lowest BCUT2D eigenvalue weighted by Gasteiger charge is -2.16. The van der Waals surface area contributed by atoms with E-state index in [1.807, 2.05) is 0 Å². The molecule has 0 saturated carbocycles. The number of hydrogen-bond donors (Lipinski definition) is 1. The van der Waals surface area contributed by atoms with Crippen molar-refractivity contribution in [3.8, 4) is 0 Å². The van der Waals surface area contributed by atoms with Crippen LogP contribution in [0.25, 0.3) is 0 Å². The Labute approximate surface area is 95.7 Å². The zero-order valence-electron chi connectivity index (χ0n) is 9.86. The molecule has 0 spiro atoms. The average Bonchev–Trinajstić information content (AvgIpc) is 2.65. The summed E-state index contributed by atoms with van der Waals surface area (Å²) < 4.78 is 27.8. The van der Waals surface area contributed by atoms with Crippen molar-refractivity contribution in [2.75, 3.05) is 25.6 Å². The van der Waals surface area contributed by atoms with Gasteiger partial charge in [-0.3, -0.25) is 4.57 Å². The van der Waals surface area contributed by atoms with Crippen LogP contribution >= 0.6 is 7.60 Å². The Morgan fingerprint density at radius 2 is 2.00 bits per heavy atom. The summed E-state index contributed by atoms with van der Waals surface area (Å²) in [6.45, 7) is 4.31. The van der Waals surface area contributed by atoms with Gasteiger partial charge in [-0.25, -0.2) is 0 Å². The molecule has 0 unspecified atom stereocenters. The Hall–Kier alpha value is -0.770. The van der Waals surface area contributed by atoms with Crippen LogP contribution in [0.1, 0.15) is 19.4 Å². The number of anilines is 1. The fourth-order valence-corrected chi connectivity index (χ4v) is 3.12. The minimum Gasteiger partial charge on any atom is -0.449 e. The van der Waals surface area contributed by atoms with E-state index in [2.05, 4.69) is 5.32 Å². The smallest absolute Gasteiger partial charge is 0.335 e. The number of hydrogen-bond acceptors (Lipinski definition) is 5. The van der Waals surface area contributed by atoms with Gasteiger partial charge in [0.05, 0.1) is 25.6 Å². The summed E-state index contributed by atoms with van der Waals surface area (Å²) in [7, 11) is -1.30. The predicted octanol–water partition coefficient (Wildman–Crippen LogP) is 3.09. The van der Waals surface area contributed by atoms with E-state index in [1.54, 1.807) is 33.2 Å². The Morgan fingerprint density at radius 1 is 1.38 bits per heavy atom. The lowest BCUT2D eigenvalue weighted by molar-refractivity contribution is 0.219. The third-order valence-electron chi connectivity index (χ3n) is 1.99. The largest absolute Gasteiger partial charge is 0.449 e. The Bertz CT molecular complexity index is 353. The maximum atomic E-state index is 12.2. The minimum absolute atomic E-state index is 0.224. The van der Waals surface area contributed by atoms with E-state index in [-0.39, 0.29) is 6.16 Å². The van der Waals surface area contributed by atoms with Crippen LogP contribution in [0.2, 0.25) is 0 Å². The van der Waals surface area contributed by atoms with Gasteiger partial charge in [-0.15, -0.1) is 0 Å². The van der Waals surface area contributed by atoms with E-state index < -0.39 is 7.60 Å². The molecule has 0 aliphatic carbocycles. The number of furan rings is 1. The second-order valence-corrected chi connectivity index (χ2v) is 5.18. The van der Waals surface area contributed by atoms with Gasteiger partial charge in [-0.2, -0.15) is 0 Å². The van der Waals surface area contributed by atoms with Crippen LogP contribution in [0, 0.1) is 0 Å². The predicted molar refractivity (Wildman–Crippen MR) is 62.8 cm³/mol. The standard InChI is InChI=1S/C10H18NO4P/c1-4-14-16(12,15-5-2)8-9-6-7-13-10(9)11-3/h6-7,11H,4-5,8H2,1-3H3. The van der Waals surface area contributed by atoms with Crippen LogP contribution < -0.4 is 5.32 Å². The molecule has 0 aromatic carbocycles. The van der Waals surface area contributed by atoms with Crippen molar-refractivity contribution in [2.24, 2.45) is 0 Å². The van der Waals surface area contributed by atoms with E-state index in [0.29, 0.717) is 19.1 Å². The molecular weight excluding hydrogens is 229 g/mol. The van der Waals surface area contributed by atoms with Crippen LogP contribution in [0.3, 0.4) is 0 Å². The third-order valence-corrected chi connectivity index (χ3v) is 4.02. The van der Waals surface area contributed by atoms with Crippen molar-refractivity contribution >= 4 is 13.5 Å². The molecule has 0 aliphatic heterocycles. The Balaban J connectivity index is 2.79. The molecule has 16 heavy (non-hydrogen) atoms. The summed E-state index contributed by atoms with van der Waals surface area (Å²) in [5, 5.41) is 2.88. The maximum Gasteiger partial charge on any atom is 0.335 e. The summed E-state index contributed by atoms with van der Waals surface area (Å²) in [5.74, 6) is 0.597. The zero-order chi connectivity index (χ0) is 12.0. The van der Waals surface area contributed by atoms with Gasteiger partial charge in [-0.1, -0.05) is 0 Å². The van der Waals surface area contributed by atoms with E-state index in [0.717, 1.165) is 5.56 Å². The molecule has 1 aromatic rings. The molecule has 5 nitrogen and oxygen atoms in total. The molecule has 1 aromatic heterocycles. The van der Waals surface area contributed by atoms with E-state index in [1.165, 1.54) is 0 Å². The van der Waals surface area contributed by atoms with Gasteiger partial charge in [0.1, 0.15) is 0 Å². The molecule has 92 valence electrons. The lowest BCUT2D eigenvalue weighted by Crippen LogP contribution is -2.00. The Morgan fingerprint density at radius 3 is 2.50 bits per heavy atom. The molecule has 1 rings (SSSR count). The van der Waals surface area contributed by atoms with Crippen molar-refractivity contribution in [2.45, 2.75) is 20.0 Å². The molecule has 0 saturated heterocycles. The van der Waals surface area contributed by atoms with Crippen LogP contribution in [-0.2, 0) is 19.8 Å². The highest BCUT2D eigenvalue weighted by Crippen LogP contribution is 2.52. The van der Waals surface area contributed by atoms with Gasteiger partial charge in [0.25, 0.3) is 0 Å².